The van der Waals surface area contributed by atoms with Crippen molar-refractivity contribution in [2.45, 2.75) is 39.0 Å². The van der Waals surface area contributed by atoms with Gasteiger partial charge in [-0.05, 0) is 38.5 Å². The number of halogens is 3. The summed E-state index contributed by atoms with van der Waals surface area (Å²) in [4.78, 5) is 36.2. The molecule has 4 heterocycles. The molecule has 0 fully saturated rings. The number of hydrogen-bond acceptors (Lipinski definition) is 7. The Balaban J connectivity index is 1.75. The van der Waals surface area contributed by atoms with E-state index in [2.05, 4.69) is 15.4 Å². The molecule has 3 aromatic heterocycles. The average molecular weight is 513 g/mol. The summed E-state index contributed by atoms with van der Waals surface area (Å²) in [5.41, 5.74) is 1.53. The van der Waals surface area contributed by atoms with Gasteiger partial charge in [-0.1, -0.05) is 0 Å². The first-order chi connectivity index (χ1) is 17.4. The van der Waals surface area contributed by atoms with Crippen molar-refractivity contribution in [1.82, 2.24) is 25.1 Å². The van der Waals surface area contributed by atoms with Crippen molar-refractivity contribution >= 4 is 17.5 Å². The average Bonchev–Trinajstić information content (AvgIpc) is 3.34. The molecule has 37 heavy (non-hydrogen) atoms. The van der Waals surface area contributed by atoms with Crippen LogP contribution in [0.5, 0.6) is 5.88 Å². The second-order valence-corrected chi connectivity index (χ2v) is 8.88. The molecule has 0 aliphatic carbocycles. The van der Waals surface area contributed by atoms with Crippen LogP contribution >= 0.6 is 0 Å². The molecule has 1 aliphatic heterocycles. The first-order valence-corrected chi connectivity index (χ1v) is 11.0. The molecule has 0 bridgehead atoms. The second-order valence-electron chi connectivity index (χ2n) is 8.88. The zero-order chi connectivity index (χ0) is 27.1. The van der Waals surface area contributed by atoms with Crippen LogP contribution in [0.2, 0.25) is 0 Å². The first kappa shape index (κ1) is 25.6. The fraction of sp³-hybridized carbons (Fsp3) is 0.333. The van der Waals surface area contributed by atoms with E-state index < -0.39 is 30.1 Å². The van der Waals surface area contributed by atoms with E-state index in [1.807, 2.05) is 6.07 Å². The van der Waals surface area contributed by atoms with Crippen LogP contribution < -0.4 is 15.0 Å². The Hall–Kier alpha value is -4.47. The lowest BCUT2D eigenvalue weighted by molar-refractivity contribution is -0.142. The van der Waals surface area contributed by atoms with Gasteiger partial charge >= 0.3 is 6.18 Å². The van der Waals surface area contributed by atoms with Crippen LogP contribution in [0.3, 0.4) is 0 Å². The fourth-order valence-corrected chi connectivity index (χ4v) is 4.32. The minimum atomic E-state index is -4.46. The molecule has 3 aromatic rings. The normalized spacial score (nSPS) is 14.3. The molecule has 0 atom stereocenters. The molecule has 1 N–H and O–H groups in total. The predicted molar refractivity (Wildman–Crippen MR) is 125 cm³/mol. The molecule has 0 saturated heterocycles. The second kappa shape index (κ2) is 9.20. The lowest BCUT2D eigenvalue weighted by atomic mass is 9.96. The van der Waals surface area contributed by atoms with Crippen molar-refractivity contribution in [3.8, 4) is 23.2 Å². The van der Waals surface area contributed by atoms with Crippen LogP contribution in [0.15, 0.2) is 30.7 Å². The topological polar surface area (TPSA) is 126 Å². The van der Waals surface area contributed by atoms with Crippen LogP contribution in [0.4, 0.5) is 18.9 Å². The van der Waals surface area contributed by atoms with Crippen molar-refractivity contribution in [3.05, 3.63) is 53.1 Å². The lowest BCUT2D eigenvalue weighted by Crippen LogP contribution is -2.39. The number of aromatic nitrogens is 4. The summed E-state index contributed by atoms with van der Waals surface area (Å²) < 4.78 is 44.3. The Morgan fingerprint density at radius 1 is 1.27 bits per heavy atom. The van der Waals surface area contributed by atoms with Crippen LogP contribution in [0.25, 0.3) is 11.3 Å². The van der Waals surface area contributed by atoms with Crippen LogP contribution in [-0.4, -0.2) is 51.4 Å². The molecule has 4 rings (SSSR count). The van der Waals surface area contributed by atoms with Gasteiger partial charge in [0.15, 0.2) is 0 Å². The molecule has 0 saturated carbocycles. The third-order valence-corrected chi connectivity index (χ3v) is 5.90. The number of nitrogens with zero attached hydrogens (tertiary/aromatic N) is 6. The van der Waals surface area contributed by atoms with Crippen molar-refractivity contribution in [1.29, 1.82) is 5.26 Å². The molecule has 2 amide bonds. The smallest absolute Gasteiger partial charge is 0.408 e. The number of ether oxygens (including phenoxy) is 1. The molecular formula is C24H22F3N7O3. The number of carbonyl (C=O) groups is 2. The number of nitrogens with one attached hydrogen (secondary N) is 1. The minimum absolute atomic E-state index is 0.0645. The third-order valence-electron chi connectivity index (χ3n) is 5.90. The summed E-state index contributed by atoms with van der Waals surface area (Å²) in [5.74, 6) is -0.898. The highest BCUT2D eigenvalue weighted by Gasteiger charge is 2.47. The first-order valence-electron chi connectivity index (χ1n) is 11.0. The van der Waals surface area contributed by atoms with Gasteiger partial charge in [0, 0.05) is 18.0 Å². The maximum atomic E-state index is 13.4. The maximum absolute atomic E-state index is 13.4. The summed E-state index contributed by atoms with van der Waals surface area (Å²) in [6.45, 7) is 3.72. The number of anilines is 1. The zero-order valence-corrected chi connectivity index (χ0v) is 20.3. The molecule has 13 heteroatoms. The molecule has 0 aromatic carbocycles. The zero-order valence-electron chi connectivity index (χ0n) is 20.3. The number of amides is 2. The van der Waals surface area contributed by atoms with Gasteiger partial charge in [-0.25, -0.2) is 9.97 Å². The van der Waals surface area contributed by atoms with E-state index in [1.165, 1.54) is 36.7 Å². The highest BCUT2D eigenvalue weighted by Crippen LogP contribution is 2.43. The van der Waals surface area contributed by atoms with Crippen molar-refractivity contribution < 1.29 is 27.5 Å². The maximum Gasteiger partial charge on any atom is 0.408 e. The highest BCUT2D eigenvalue weighted by molar-refractivity contribution is 6.12. The molecule has 10 nitrogen and oxygen atoms in total. The Labute approximate surface area is 209 Å². The van der Waals surface area contributed by atoms with E-state index in [0.717, 1.165) is 4.68 Å². The van der Waals surface area contributed by atoms with E-state index in [9.17, 15) is 22.8 Å². The van der Waals surface area contributed by atoms with E-state index in [4.69, 9.17) is 15.0 Å². The fourth-order valence-electron chi connectivity index (χ4n) is 4.32. The van der Waals surface area contributed by atoms with E-state index >= 15 is 0 Å². The Morgan fingerprint density at radius 3 is 2.65 bits per heavy atom. The predicted octanol–water partition coefficient (Wildman–Crippen LogP) is 3.37. The van der Waals surface area contributed by atoms with Crippen molar-refractivity contribution in [3.63, 3.8) is 0 Å². The molecule has 0 radical (unpaired) electrons. The van der Waals surface area contributed by atoms with Crippen molar-refractivity contribution in [2.75, 3.05) is 18.6 Å². The number of rotatable bonds is 6. The van der Waals surface area contributed by atoms with Gasteiger partial charge in [-0.3, -0.25) is 19.2 Å². The van der Waals surface area contributed by atoms with E-state index in [-0.39, 0.29) is 23.7 Å². The third kappa shape index (κ3) is 4.69. The molecule has 0 unspecified atom stereocenters. The van der Waals surface area contributed by atoms with E-state index in [1.54, 1.807) is 26.8 Å². The van der Waals surface area contributed by atoms with Crippen LogP contribution in [-0.2, 0) is 12.1 Å². The Bertz CT molecular complexity index is 1440. The van der Waals surface area contributed by atoms with E-state index in [0.29, 0.717) is 28.1 Å². The number of hydrogen-bond donors (Lipinski definition) is 1. The summed E-state index contributed by atoms with van der Waals surface area (Å²) in [7, 11) is 1.36. The molecular weight excluding hydrogens is 491 g/mol. The summed E-state index contributed by atoms with van der Waals surface area (Å²) in [6.07, 6.45) is -0.598. The molecule has 192 valence electrons. The van der Waals surface area contributed by atoms with Crippen LogP contribution in [0, 0.1) is 18.3 Å². The molecule has 0 spiro atoms. The number of nitriles is 1. The quantitative estimate of drug-likeness (QED) is 0.501. The summed E-state index contributed by atoms with van der Waals surface area (Å²) in [6, 6.07) is 5.02. The SMILES string of the molecule is COc1ncc(-c2cc(C)c3c(n2)C(C)(C)N(c2cnn(CC(F)(F)F)c2)C3=O)cc1C(=O)NCC#N. The Kier molecular flexibility index (Phi) is 6.37. The van der Waals surface area contributed by atoms with Gasteiger partial charge in [0.25, 0.3) is 11.8 Å². The minimum Gasteiger partial charge on any atom is -0.480 e. The Morgan fingerprint density at radius 2 is 2.00 bits per heavy atom. The van der Waals surface area contributed by atoms with Crippen LogP contribution in [0.1, 0.15) is 45.8 Å². The summed E-state index contributed by atoms with van der Waals surface area (Å²) in [5, 5.41) is 15.0. The summed E-state index contributed by atoms with van der Waals surface area (Å²) >= 11 is 0. The number of methoxy groups -OCH3 is 1. The lowest BCUT2D eigenvalue weighted by Gasteiger charge is -2.30. The number of carbonyl (C=O) groups excluding carboxylic acids is 2. The largest absolute Gasteiger partial charge is 0.480 e. The van der Waals surface area contributed by atoms with Gasteiger partial charge < -0.3 is 10.1 Å². The van der Waals surface area contributed by atoms with Gasteiger partial charge in [0.05, 0.1) is 47.6 Å². The number of pyridine rings is 2. The highest BCUT2D eigenvalue weighted by atomic mass is 19.4. The molecule has 1 aliphatic rings. The monoisotopic (exact) mass is 513 g/mol. The standard InChI is InChI=1S/C24H22F3N7O3/c1-13-7-17(14-8-16(20(35)29-6-5-28)21(37-4)30-9-14)32-19-18(13)22(36)34(23(19,2)3)15-10-31-33(11-15)12-24(25,26)27/h7-11H,6,12H2,1-4H3,(H,29,35). The number of fused-ring (bicyclic) bond motifs is 1. The number of aryl methyl sites for hydroxylation is 1. The van der Waals surface area contributed by atoms with Crippen molar-refractivity contribution in [2.24, 2.45) is 0 Å². The van der Waals surface area contributed by atoms with Gasteiger partial charge in [-0.15, -0.1) is 0 Å². The van der Waals surface area contributed by atoms with Gasteiger partial charge in [0.1, 0.15) is 18.7 Å². The van der Waals surface area contributed by atoms with Gasteiger partial charge in [0.2, 0.25) is 5.88 Å². The van der Waals surface area contributed by atoms with Gasteiger partial charge in [-0.2, -0.15) is 23.5 Å². The number of alkyl halides is 3.